The molecule has 0 spiro atoms. The van der Waals surface area contributed by atoms with E-state index < -0.39 is 0 Å². The molecule has 14 heavy (non-hydrogen) atoms. The Morgan fingerprint density at radius 1 is 1.36 bits per heavy atom. The lowest BCUT2D eigenvalue weighted by Crippen LogP contribution is -2.15. The summed E-state index contributed by atoms with van der Waals surface area (Å²) in [6, 6.07) is 0.654. The molecule has 0 bridgehead atoms. The molecule has 0 saturated heterocycles. The minimum Gasteiger partial charge on any atom is -0.301 e. The molecule has 0 aliphatic heterocycles. The van der Waals surface area contributed by atoms with Crippen molar-refractivity contribution in [1.29, 1.82) is 0 Å². The smallest absolute Gasteiger partial charge is 0.195 e. The Hall–Kier alpha value is -0.640. The minimum absolute atomic E-state index is 0.654. The first kappa shape index (κ1) is 8.65. The first-order chi connectivity index (χ1) is 6.77. The van der Waals surface area contributed by atoms with Crippen molar-refractivity contribution in [2.45, 2.75) is 38.6 Å². The van der Waals surface area contributed by atoms with Gasteiger partial charge in [-0.15, -0.1) is 0 Å². The number of H-pyrrole nitrogens is 1. The van der Waals surface area contributed by atoms with Gasteiger partial charge in [-0.05, 0) is 56.7 Å². The van der Waals surface area contributed by atoms with Gasteiger partial charge in [0.05, 0.1) is 0 Å². The molecule has 76 valence electrons. The highest BCUT2D eigenvalue weighted by Gasteiger charge is 2.43. The monoisotopic (exact) mass is 209 g/mol. The van der Waals surface area contributed by atoms with E-state index in [0.29, 0.717) is 6.04 Å². The minimum atomic E-state index is 0.654. The van der Waals surface area contributed by atoms with Crippen molar-refractivity contribution in [2.24, 2.45) is 11.8 Å². The second-order valence-electron chi connectivity index (χ2n) is 4.61. The molecule has 1 heterocycles. The number of aromatic nitrogens is 3. The predicted octanol–water partition coefficient (Wildman–Crippen LogP) is 2.61. The SMILES string of the molecule is Cc1n[nH]c(=S)n1C(C1CC1)C1CC1. The molecule has 0 radical (unpaired) electrons. The van der Waals surface area contributed by atoms with Crippen molar-refractivity contribution >= 4 is 12.2 Å². The largest absolute Gasteiger partial charge is 0.301 e. The Balaban J connectivity index is 2.01. The van der Waals surface area contributed by atoms with Crippen LogP contribution in [0.2, 0.25) is 0 Å². The third-order valence-electron chi connectivity index (χ3n) is 3.39. The van der Waals surface area contributed by atoms with Crippen LogP contribution in [0.1, 0.15) is 37.5 Å². The van der Waals surface area contributed by atoms with Gasteiger partial charge in [0.15, 0.2) is 4.77 Å². The molecule has 0 atom stereocenters. The van der Waals surface area contributed by atoms with Crippen LogP contribution in [0, 0.1) is 23.5 Å². The van der Waals surface area contributed by atoms with Gasteiger partial charge in [-0.2, -0.15) is 5.10 Å². The maximum absolute atomic E-state index is 5.29. The van der Waals surface area contributed by atoms with Crippen molar-refractivity contribution in [3.05, 3.63) is 10.6 Å². The summed E-state index contributed by atoms with van der Waals surface area (Å²) in [5.74, 6) is 2.81. The average Bonchev–Trinajstić information content (AvgIpc) is 2.99. The molecule has 2 aliphatic rings. The van der Waals surface area contributed by atoms with Gasteiger partial charge >= 0.3 is 0 Å². The molecule has 2 saturated carbocycles. The van der Waals surface area contributed by atoms with Gasteiger partial charge in [0, 0.05) is 6.04 Å². The molecular formula is C10H15N3S. The first-order valence-electron chi connectivity index (χ1n) is 5.41. The van der Waals surface area contributed by atoms with E-state index in [1.165, 1.54) is 25.7 Å². The Morgan fingerprint density at radius 2 is 1.93 bits per heavy atom. The molecule has 0 aromatic carbocycles. The van der Waals surface area contributed by atoms with Crippen molar-refractivity contribution < 1.29 is 0 Å². The lowest BCUT2D eigenvalue weighted by molar-refractivity contribution is 0.383. The Morgan fingerprint density at radius 3 is 2.29 bits per heavy atom. The van der Waals surface area contributed by atoms with Crippen molar-refractivity contribution in [3.63, 3.8) is 0 Å². The second-order valence-corrected chi connectivity index (χ2v) is 5.00. The lowest BCUT2D eigenvalue weighted by atomic mass is 10.1. The summed E-state index contributed by atoms with van der Waals surface area (Å²) >= 11 is 5.29. The highest BCUT2D eigenvalue weighted by atomic mass is 32.1. The summed E-state index contributed by atoms with van der Waals surface area (Å²) in [7, 11) is 0. The Labute approximate surface area is 88.5 Å². The maximum Gasteiger partial charge on any atom is 0.195 e. The van der Waals surface area contributed by atoms with Crippen molar-refractivity contribution in [2.75, 3.05) is 0 Å². The molecule has 1 N–H and O–H groups in total. The zero-order valence-corrected chi connectivity index (χ0v) is 9.18. The van der Waals surface area contributed by atoms with Gasteiger partial charge in [-0.1, -0.05) is 0 Å². The number of aryl methyl sites for hydroxylation is 1. The zero-order valence-electron chi connectivity index (χ0n) is 8.36. The highest BCUT2D eigenvalue weighted by molar-refractivity contribution is 7.71. The van der Waals surface area contributed by atoms with Gasteiger partial charge < -0.3 is 4.57 Å². The number of rotatable bonds is 3. The molecule has 3 rings (SSSR count). The highest BCUT2D eigenvalue weighted by Crippen LogP contribution is 2.52. The molecule has 1 aromatic rings. The number of aromatic amines is 1. The summed E-state index contributed by atoms with van der Waals surface area (Å²) in [6.07, 6.45) is 5.53. The van der Waals surface area contributed by atoms with Crippen LogP contribution in [-0.4, -0.2) is 14.8 Å². The lowest BCUT2D eigenvalue weighted by Gasteiger charge is -2.18. The number of nitrogens with one attached hydrogen (secondary N) is 1. The zero-order chi connectivity index (χ0) is 9.71. The molecule has 2 aliphatic carbocycles. The molecule has 1 aromatic heterocycles. The fourth-order valence-corrected chi connectivity index (χ4v) is 2.72. The van der Waals surface area contributed by atoms with Gasteiger partial charge in [-0.3, -0.25) is 5.10 Å². The van der Waals surface area contributed by atoms with E-state index in [1.807, 2.05) is 6.92 Å². The van der Waals surface area contributed by atoms with Crippen LogP contribution >= 0.6 is 12.2 Å². The van der Waals surface area contributed by atoms with E-state index in [2.05, 4.69) is 14.8 Å². The quantitative estimate of drug-likeness (QED) is 0.776. The number of hydrogen-bond acceptors (Lipinski definition) is 2. The van der Waals surface area contributed by atoms with Crippen LogP contribution in [0.15, 0.2) is 0 Å². The van der Waals surface area contributed by atoms with E-state index in [-0.39, 0.29) is 0 Å². The topological polar surface area (TPSA) is 33.6 Å². The van der Waals surface area contributed by atoms with Crippen LogP contribution in [0.25, 0.3) is 0 Å². The van der Waals surface area contributed by atoms with Gasteiger partial charge in [0.25, 0.3) is 0 Å². The Bertz CT molecular complexity index is 386. The summed E-state index contributed by atoms with van der Waals surface area (Å²) in [5, 5.41) is 7.10. The molecular weight excluding hydrogens is 194 g/mol. The van der Waals surface area contributed by atoms with Crippen molar-refractivity contribution in [3.8, 4) is 0 Å². The standard InChI is InChI=1S/C10H15N3S/c1-6-11-12-10(14)13(6)9(7-2-3-7)8-4-5-8/h7-9H,2-5H2,1H3,(H,12,14). The third-order valence-corrected chi connectivity index (χ3v) is 3.68. The van der Waals surface area contributed by atoms with Crippen molar-refractivity contribution in [1.82, 2.24) is 14.8 Å². The average molecular weight is 209 g/mol. The van der Waals surface area contributed by atoms with E-state index in [4.69, 9.17) is 12.2 Å². The number of hydrogen-bond donors (Lipinski definition) is 1. The van der Waals surface area contributed by atoms with E-state index in [9.17, 15) is 0 Å². The summed E-state index contributed by atoms with van der Waals surface area (Å²) in [4.78, 5) is 0. The Kier molecular flexibility index (Phi) is 1.81. The van der Waals surface area contributed by atoms with Crippen LogP contribution < -0.4 is 0 Å². The fourth-order valence-electron chi connectivity index (χ4n) is 2.42. The molecule has 4 heteroatoms. The van der Waals surface area contributed by atoms with Gasteiger partial charge in [-0.25, -0.2) is 0 Å². The van der Waals surface area contributed by atoms with Crippen LogP contribution in [0.3, 0.4) is 0 Å². The first-order valence-corrected chi connectivity index (χ1v) is 5.81. The van der Waals surface area contributed by atoms with Gasteiger partial charge in [0.1, 0.15) is 5.82 Å². The van der Waals surface area contributed by atoms with E-state index in [0.717, 1.165) is 22.4 Å². The third kappa shape index (κ3) is 1.32. The van der Waals surface area contributed by atoms with Crippen LogP contribution in [0.4, 0.5) is 0 Å². The summed E-state index contributed by atoms with van der Waals surface area (Å²) in [6.45, 7) is 2.05. The molecule has 0 amide bonds. The van der Waals surface area contributed by atoms with Crippen LogP contribution in [-0.2, 0) is 0 Å². The summed E-state index contributed by atoms with van der Waals surface area (Å²) < 4.78 is 3.07. The van der Waals surface area contributed by atoms with Crippen LogP contribution in [0.5, 0.6) is 0 Å². The molecule has 2 fully saturated rings. The van der Waals surface area contributed by atoms with E-state index in [1.54, 1.807) is 0 Å². The fraction of sp³-hybridized carbons (Fsp3) is 0.800. The maximum atomic E-state index is 5.29. The van der Waals surface area contributed by atoms with Gasteiger partial charge in [0.2, 0.25) is 0 Å². The molecule has 0 unspecified atom stereocenters. The van der Waals surface area contributed by atoms with E-state index >= 15 is 0 Å². The molecule has 3 nitrogen and oxygen atoms in total. The summed E-state index contributed by atoms with van der Waals surface area (Å²) in [5.41, 5.74) is 0. The predicted molar refractivity (Wildman–Crippen MR) is 56.6 cm³/mol. The second kappa shape index (κ2) is 2.92. The number of nitrogens with zero attached hydrogens (tertiary/aromatic N) is 2. The normalized spacial score (nSPS) is 21.9.